The van der Waals surface area contributed by atoms with E-state index in [9.17, 15) is 0 Å². The van der Waals surface area contributed by atoms with Gasteiger partial charge in [0.2, 0.25) is 0 Å². The molecule has 0 aliphatic rings. The van der Waals surface area contributed by atoms with E-state index in [1.165, 1.54) is 6.42 Å². The third-order valence-electron chi connectivity index (χ3n) is 3.49. The largest absolute Gasteiger partial charge is 0.493 e. The van der Waals surface area contributed by atoms with Crippen LogP contribution in [0.15, 0.2) is 23.2 Å². The maximum Gasteiger partial charge on any atom is 0.191 e. The Balaban J connectivity index is 2.69. The fourth-order valence-electron chi connectivity index (χ4n) is 2.30. The standard InChI is InChI=1S/C18H31N3O2/c1-6-19-18(20-12-8-9-14(2)3)21-13-15-10-7-11-16(22-4)17(15)23-5/h7,10-11,14H,6,8-9,12-13H2,1-5H3,(H2,19,20,21). The Hall–Kier alpha value is -1.91. The van der Waals surface area contributed by atoms with Gasteiger partial charge < -0.3 is 20.1 Å². The topological polar surface area (TPSA) is 54.9 Å². The fourth-order valence-corrected chi connectivity index (χ4v) is 2.30. The monoisotopic (exact) mass is 321 g/mol. The van der Waals surface area contributed by atoms with Crippen LogP contribution in [0.1, 0.15) is 39.2 Å². The molecule has 0 aliphatic heterocycles. The van der Waals surface area contributed by atoms with E-state index in [0.29, 0.717) is 6.54 Å². The van der Waals surface area contributed by atoms with Gasteiger partial charge in [0.15, 0.2) is 17.5 Å². The number of nitrogens with zero attached hydrogens (tertiary/aromatic N) is 1. The van der Waals surface area contributed by atoms with Crippen LogP contribution in [0.5, 0.6) is 11.5 Å². The SMILES string of the molecule is CCNC(=NCc1cccc(OC)c1OC)NCCCC(C)C. The molecule has 1 aromatic carbocycles. The van der Waals surface area contributed by atoms with Crippen molar-refractivity contribution in [3.63, 3.8) is 0 Å². The number of benzene rings is 1. The first-order valence-electron chi connectivity index (χ1n) is 8.34. The van der Waals surface area contributed by atoms with E-state index in [1.54, 1.807) is 14.2 Å². The average molecular weight is 321 g/mol. The summed E-state index contributed by atoms with van der Waals surface area (Å²) in [5.41, 5.74) is 1.01. The van der Waals surface area contributed by atoms with Gasteiger partial charge >= 0.3 is 0 Å². The molecule has 0 spiro atoms. The number of ether oxygens (including phenoxy) is 2. The van der Waals surface area contributed by atoms with Gasteiger partial charge in [0.25, 0.3) is 0 Å². The lowest BCUT2D eigenvalue weighted by Gasteiger charge is -2.14. The van der Waals surface area contributed by atoms with E-state index in [1.807, 2.05) is 18.2 Å². The molecule has 0 bridgehead atoms. The first kappa shape index (κ1) is 19.1. The van der Waals surface area contributed by atoms with Crippen molar-refractivity contribution in [2.45, 2.75) is 40.2 Å². The van der Waals surface area contributed by atoms with Crippen LogP contribution in [0.25, 0.3) is 0 Å². The fraction of sp³-hybridized carbons (Fsp3) is 0.611. The number of rotatable bonds is 9. The Morgan fingerprint density at radius 1 is 1.17 bits per heavy atom. The molecule has 5 heteroatoms. The molecule has 0 aliphatic carbocycles. The lowest BCUT2D eigenvalue weighted by atomic mass is 10.1. The number of hydrogen-bond acceptors (Lipinski definition) is 3. The van der Waals surface area contributed by atoms with Crippen LogP contribution in [0, 0.1) is 5.92 Å². The minimum Gasteiger partial charge on any atom is -0.493 e. The highest BCUT2D eigenvalue weighted by molar-refractivity contribution is 5.79. The van der Waals surface area contributed by atoms with Crippen LogP contribution >= 0.6 is 0 Å². The molecule has 0 heterocycles. The van der Waals surface area contributed by atoms with Gasteiger partial charge in [-0.2, -0.15) is 0 Å². The summed E-state index contributed by atoms with van der Waals surface area (Å²) >= 11 is 0. The third kappa shape index (κ3) is 6.80. The van der Waals surface area contributed by atoms with E-state index in [2.05, 4.69) is 36.4 Å². The molecule has 130 valence electrons. The quantitative estimate of drug-likeness (QED) is 0.417. The number of hydrogen-bond donors (Lipinski definition) is 2. The van der Waals surface area contributed by atoms with E-state index in [-0.39, 0.29) is 0 Å². The van der Waals surface area contributed by atoms with Crippen LogP contribution in [0.2, 0.25) is 0 Å². The zero-order chi connectivity index (χ0) is 17.1. The second-order valence-corrected chi connectivity index (χ2v) is 5.81. The molecule has 0 saturated heterocycles. The lowest BCUT2D eigenvalue weighted by molar-refractivity contribution is 0.352. The van der Waals surface area contributed by atoms with Crippen LogP contribution in [0.3, 0.4) is 0 Å². The maximum atomic E-state index is 5.45. The number of nitrogens with one attached hydrogen (secondary N) is 2. The van der Waals surface area contributed by atoms with Crippen LogP contribution in [0.4, 0.5) is 0 Å². The Kier molecular flexibility index (Phi) is 8.95. The minimum absolute atomic E-state index is 0.542. The molecule has 1 aromatic rings. The molecule has 0 saturated carbocycles. The molecule has 1 rings (SSSR count). The zero-order valence-corrected chi connectivity index (χ0v) is 15.1. The first-order valence-corrected chi connectivity index (χ1v) is 8.34. The van der Waals surface area contributed by atoms with Gasteiger partial charge in [-0.3, -0.25) is 0 Å². The molecule has 0 amide bonds. The van der Waals surface area contributed by atoms with Gasteiger partial charge in [-0.1, -0.05) is 26.0 Å². The van der Waals surface area contributed by atoms with Gasteiger partial charge in [-0.25, -0.2) is 4.99 Å². The van der Waals surface area contributed by atoms with Crippen molar-refractivity contribution in [3.8, 4) is 11.5 Å². The summed E-state index contributed by atoms with van der Waals surface area (Å²) in [5.74, 6) is 3.04. The van der Waals surface area contributed by atoms with Crippen molar-refractivity contribution >= 4 is 5.96 Å². The van der Waals surface area contributed by atoms with Gasteiger partial charge in [0.05, 0.1) is 20.8 Å². The molecule has 5 nitrogen and oxygen atoms in total. The second-order valence-electron chi connectivity index (χ2n) is 5.81. The molecule has 2 N–H and O–H groups in total. The summed E-state index contributed by atoms with van der Waals surface area (Å²) in [6.45, 7) is 8.87. The summed E-state index contributed by atoms with van der Waals surface area (Å²) in [6.07, 6.45) is 2.36. The number of methoxy groups -OCH3 is 2. The van der Waals surface area contributed by atoms with Crippen molar-refractivity contribution in [1.82, 2.24) is 10.6 Å². The minimum atomic E-state index is 0.542. The van der Waals surface area contributed by atoms with E-state index < -0.39 is 0 Å². The molecule has 23 heavy (non-hydrogen) atoms. The Labute approximate surface area is 140 Å². The zero-order valence-electron chi connectivity index (χ0n) is 15.1. The van der Waals surface area contributed by atoms with E-state index in [0.717, 1.165) is 48.5 Å². The summed E-state index contributed by atoms with van der Waals surface area (Å²) in [6, 6.07) is 5.85. The van der Waals surface area contributed by atoms with Crippen LogP contribution in [-0.4, -0.2) is 33.3 Å². The highest BCUT2D eigenvalue weighted by Crippen LogP contribution is 2.30. The summed E-state index contributed by atoms with van der Waals surface area (Å²) in [7, 11) is 3.30. The molecule has 0 atom stereocenters. The molecule has 0 fully saturated rings. The van der Waals surface area contributed by atoms with Gasteiger partial charge in [0, 0.05) is 18.7 Å². The molecular weight excluding hydrogens is 290 g/mol. The van der Waals surface area contributed by atoms with Crippen LogP contribution < -0.4 is 20.1 Å². The normalized spacial score (nSPS) is 11.5. The number of para-hydroxylation sites is 1. The third-order valence-corrected chi connectivity index (χ3v) is 3.49. The van der Waals surface area contributed by atoms with Gasteiger partial charge in [0.1, 0.15) is 0 Å². The Morgan fingerprint density at radius 2 is 1.96 bits per heavy atom. The molecule has 0 unspecified atom stereocenters. The predicted octanol–water partition coefficient (Wildman–Crippen LogP) is 3.20. The number of aliphatic imine (C=N–C) groups is 1. The highest BCUT2D eigenvalue weighted by Gasteiger charge is 2.09. The van der Waals surface area contributed by atoms with Crippen LogP contribution in [-0.2, 0) is 6.54 Å². The van der Waals surface area contributed by atoms with Crippen molar-refractivity contribution in [1.29, 1.82) is 0 Å². The molecule has 0 radical (unpaired) electrons. The Morgan fingerprint density at radius 3 is 2.57 bits per heavy atom. The van der Waals surface area contributed by atoms with Crippen molar-refractivity contribution in [2.75, 3.05) is 27.3 Å². The van der Waals surface area contributed by atoms with Gasteiger partial charge in [-0.15, -0.1) is 0 Å². The summed E-state index contributed by atoms with van der Waals surface area (Å²) < 4.78 is 10.8. The Bertz CT molecular complexity index is 487. The lowest BCUT2D eigenvalue weighted by Crippen LogP contribution is -2.37. The maximum absolute atomic E-state index is 5.45. The van der Waals surface area contributed by atoms with E-state index in [4.69, 9.17) is 9.47 Å². The smallest absolute Gasteiger partial charge is 0.191 e. The summed E-state index contributed by atoms with van der Waals surface area (Å²) in [5, 5.41) is 6.65. The predicted molar refractivity (Wildman–Crippen MR) is 96.4 cm³/mol. The second kappa shape index (κ2) is 10.8. The van der Waals surface area contributed by atoms with Crippen molar-refractivity contribution in [3.05, 3.63) is 23.8 Å². The van der Waals surface area contributed by atoms with Crippen molar-refractivity contribution < 1.29 is 9.47 Å². The van der Waals surface area contributed by atoms with Crippen molar-refractivity contribution in [2.24, 2.45) is 10.9 Å². The van der Waals surface area contributed by atoms with E-state index >= 15 is 0 Å². The van der Waals surface area contributed by atoms with Gasteiger partial charge in [-0.05, 0) is 31.7 Å². The molecular formula is C18H31N3O2. The molecule has 0 aromatic heterocycles. The average Bonchev–Trinajstić information content (AvgIpc) is 2.55. The number of guanidine groups is 1. The first-order chi connectivity index (χ1) is 11.1. The summed E-state index contributed by atoms with van der Waals surface area (Å²) in [4.78, 5) is 4.64. The highest BCUT2D eigenvalue weighted by atomic mass is 16.5.